The number of ether oxygens (including phenoxy) is 1. The number of hydrogen-bond donors (Lipinski definition) is 2. The van der Waals surface area contributed by atoms with E-state index in [1.807, 2.05) is 62.4 Å². The Morgan fingerprint density at radius 2 is 1.97 bits per heavy atom. The van der Waals surface area contributed by atoms with Crippen molar-refractivity contribution in [2.75, 3.05) is 13.7 Å². The molecule has 0 aliphatic heterocycles. The number of fused-ring (bicyclic) bond motifs is 1. The first-order valence-corrected chi connectivity index (χ1v) is 10.9. The summed E-state index contributed by atoms with van der Waals surface area (Å²) in [5.74, 6) is 0.709. The average Bonchev–Trinajstić information content (AvgIpc) is 3.33. The molecule has 1 amide bonds. The number of nitrogens with zero attached hydrogens (tertiary/aromatic N) is 3. The number of H-pyrrole nitrogens is 1. The summed E-state index contributed by atoms with van der Waals surface area (Å²) in [4.78, 5) is 17.8. The summed E-state index contributed by atoms with van der Waals surface area (Å²) in [6.45, 7) is 5.09. The Morgan fingerprint density at radius 1 is 1.22 bits per heavy atom. The summed E-state index contributed by atoms with van der Waals surface area (Å²) in [6.07, 6.45) is 0.211. The van der Waals surface area contributed by atoms with Crippen LogP contribution < -0.4 is 5.32 Å². The van der Waals surface area contributed by atoms with Crippen molar-refractivity contribution in [1.82, 2.24) is 25.1 Å². The number of amides is 1. The van der Waals surface area contributed by atoms with Gasteiger partial charge in [0, 0.05) is 35.5 Å². The van der Waals surface area contributed by atoms with E-state index < -0.39 is 0 Å². The van der Waals surface area contributed by atoms with E-state index in [0.29, 0.717) is 18.2 Å². The van der Waals surface area contributed by atoms with Crippen LogP contribution in [-0.4, -0.2) is 39.4 Å². The maximum atomic E-state index is 13.0. The lowest BCUT2D eigenvalue weighted by atomic mass is 10.0. The molecule has 1 unspecified atom stereocenters. The first kappa shape index (κ1) is 22.0. The van der Waals surface area contributed by atoms with E-state index in [9.17, 15) is 4.79 Å². The second kappa shape index (κ2) is 9.54. The van der Waals surface area contributed by atoms with Gasteiger partial charge in [-0.05, 0) is 38.1 Å². The van der Waals surface area contributed by atoms with Crippen molar-refractivity contribution in [3.05, 3.63) is 70.6 Å². The van der Waals surface area contributed by atoms with E-state index in [1.165, 1.54) is 0 Å². The SMILES string of the molecule is COCCn1c(C(C)NC(=O)Cc2c(-c3ccc(Cl)cc3)n[nH]c2C)nc2ccccc21. The van der Waals surface area contributed by atoms with E-state index in [4.69, 9.17) is 21.3 Å². The maximum absolute atomic E-state index is 13.0. The molecule has 4 aromatic rings. The van der Waals surface area contributed by atoms with Crippen LogP contribution >= 0.6 is 11.6 Å². The lowest BCUT2D eigenvalue weighted by Crippen LogP contribution is -2.30. The molecular weight excluding hydrogens is 426 g/mol. The zero-order chi connectivity index (χ0) is 22.7. The number of carbonyl (C=O) groups excluding carboxylic acids is 1. The van der Waals surface area contributed by atoms with Gasteiger partial charge < -0.3 is 14.6 Å². The number of imidazole rings is 1. The topological polar surface area (TPSA) is 84.8 Å². The smallest absolute Gasteiger partial charge is 0.225 e. The van der Waals surface area contributed by atoms with E-state index in [-0.39, 0.29) is 18.4 Å². The van der Waals surface area contributed by atoms with Crippen LogP contribution in [0.2, 0.25) is 5.02 Å². The van der Waals surface area contributed by atoms with Gasteiger partial charge in [-0.2, -0.15) is 5.10 Å². The fourth-order valence-corrected chi connectivity index (χ4v) is 4.00. The van der Waals surface area contributed by atoms with Crippen LogP contribution in [0.3, 0.4) is 0 Å². The highest BCUT2D eigenvalue weighted by Gasteiger charge is 2.21. The third kappa shape index (κ3) is 4.54. The van der Waals surface area contributed by atoms with Gasteiger partial charge in [0.2, 0.25) is 5.91 Å². The number of carbonyl (C=O) groups is 1. The Morgan fingerprint density at radius 3 is 2.72 bits per heavy atom. The molecule has 0 saturated carbocycles. The molecule has 2 heterocycles. The highest BCUT2D eigenvalue weighted by Crippen LogP contribution is 2.26. The number of methoxy groups -OCH3 is 1. The second-order valence-corrected chi connectivity index (χ2v) is 8.19. The number of halogens is 1. The minimum absolute atomic E-state index is 0.0949. The number of aromatic nitrogens is 4. The highest BCUT2D eigenvalue weighted by molar-refractivity contribution is 6.30. The molecule has 1 atom stereocenters. The number of aromatic amines is 1. The molecule has 0 spiro atoms. The minimum atomic E-state index is -0.266. The van der Waals surface area contributed by atoms with Crippen LogP contribution in [-0.2, 0) is 22.5 Å². The van der Waals surface area contributed by atoms with E-state index in [2.05, 4.69) is 20.1 Å². The molecule has 0 aliphatic carbocycles. The van der Waals surface area contributed by atoms with Crippen LogP contribution in [0.15, 0.2) is 48.5 Å². The second-order valence-electron chi connectivity index (χ2n) is 7.75. The number of benzene rings is 2. The Bertz CT molecular complexity index is 1230. The summed E-state index contributed by atoms with van der Waals surface area (Å²) in [5, 5.41) is 11.2. The van der Waals surface area contributed by atoms with E-state index >= 15 is 0 Å². The van der Waals surface area contributed by atoms with Crippen LogP contribution in [0.1, 0.15) is 30.0 Å². The van der Waals surface area contributed by atoms with Gasteiger partial charge in [0.05, 0.1) is 35.8 Å². The van der Waals surface area contributed by atoms with Crippen molar-refractivity contribution >= 4 is 28.5 Å². The van der Waals surface area contributed by atoms with E-state index in [1.54, 1.807) is 7.11 Å². The Hall–Kier alpha value is -3.16. The molecule has 0 fully saturated rings. The summed E-state index contributed by atoms with van der Waals surface area (Å²) >= 11 is 6.01. The molecule has 4 rings (SSSR count). The fraction of sp³-hybridized carbons (Fsp3) is 0.292. The molecule has 2 aromatic carbocycles. The summed E-state index contributed by atoms with van der Waals surface area (Å²) in [6, 6.07) is 15.1. The summed E-state index contributed by atoms with van der Waals surface area (Å²) < 4.78 is 7.37. The van der Waals surface area contributed by atoms with Crippen molar-refractivity contribution in [3.8, 4) is 11.3 Å². The number of rotatable bonds is 8. The molecule has 166 valence electrons. The predicted octanol–water partition coefficient (Wildman–Crippen LogP) is 4.45. The third-order valence-electron chi connectivity index (χ3n) is 5.50. The van der Waals surface area contributed by atoms with Crippen LogP contribution in [0.5, 0.6) is 0 Å². The van der Waals surface area contributed by atoms with E-state index in [0.717, 1.165) is 39.4 Å². The Labute approximate surface area is 191 Å². The van der Waals surface area contributed by atoms with Gasteiger partial charge in [-0.1, -0.05) is 35.9 Å². The monoisotopic (exact) mass is 451 g/mol. The lowest BCUT2D eigenvalue weighted by Gasteiger charge is -2.16. The fourth-order valence-electron chi connectivity index (χ4n) is 3.88. The van der Waals surface area contributed by atoms with Crippen molar-refractivity contribution in [2.24, 2.45) is 0 Å². The quantitative estimate of drug-likeness (QED) is 0.414. The van der Waals surface area contributed by atoms with Crippen molar-refractivity contribution in [2.45, 2.75) is 32.9 Å². The Kier molecular flexibility index (Phi) is 6.58. The largest absolute Gasteiger partial charge is 0.383 e. The van der Waals surface area contributed by atoms with Gasteiger partial charge in [-0.25, -0.2) is 4.98 Å². The minimum Gasteiger partial charge on any atom is -0.383 e. The van der Waals surface area contributed by atoms with Crippen molar-refractivity contribution < 1.29 is 9.53 Å². The van der Waals surface area contributed by atoms with Gasteiger partial charge in [-0.15, -0.1) is 0 Å². The van der Waals surface area contributed by atoms with Crippen LogP contribution in [0.25, 0.3) is 22.3 Å². The standard InChI is InChI=1S/C24H26ClN5O2/c1-15-19(23(29-28-15)17-8-10-18(25)11-9-17)14-22(31)26-16(2)24-27-20-6-4-5-7-21(20)30(24)12-13-32-3/h4-11,16H,12-14H2,1-3H3,(H,26,31)(H,28,29). The molecule has 0 bridgehead atoms. The zero-order valence-corrected chi connectivity index (χ0v) is 19.1. The predicted molar refractivity (Wildman–Crippen MR) is 126 cm³/mol. The average molecular weight is 452 g/mol. The van der Waals surface area contributed by atoms with Gasteiger partial charge in [0.1, 0.15) is 5.82 Å². The zero-order valence-electron chi connectivity index (χ0n) is 18.4. The number of nitrogens with one attached hydrogen (secondary N) is 2. The van der Waals surface area contributed by atoms with Crippen LogP contribution in [0, 0.1) is 6.92 Å². The number of aryl methyl sites for hydroxylation is 1. The normalized spacial score (nSPS) is 12.2. The molecule has 7 nitrogen and oxygen atoms in total. The molecule has 0 saturated heterocycles. The molecular formula is C24H26ClN5O2. The van der Waals surface area contributed by atoms with Gasteiger partial charge in [0.25, 0.3) is 0 Å². The molecule has 2 N–H and O–H groups in total. The van der Waals surface area contributed by atoms with Gasteiger partial charge >= 0.3 is 0 Å². The number of para-hydroxylation sites is 2. The van der Waals surface area contributed by atoms with Crippen molar-refractivity contribution in [1.29, 1.82) is 0 Å². The summed E-state index contributed by atoms with van der Waals surface area (Å²) in [7, 11) is 1.68. The third-order valence-corrected chi connectivity index (χ3v) is 5.75. The molecule has 32 heavy (non-hydrogen) atoms. The molecule has 8 heteroatoms. The molecule has 2 aromatic heterocycles. The lowest BCUT2D eigenvalue weighted by molar-refractivity contribution is -0.121. The Balaban J connectivity index is 1.54. The first-order chi connectivity index (χ1) is 15.5. The van der Waals surface area contributed by atoms with Crippen LogP contribution in [0.4, 0.5) is 0 Å². The molecule has 0 radical (unpaired) electrons. The van der Waals surface area contributed by atoms with Gasteiger partial charge in [0.15, 0.2) is 0 Å². The molecule has 0 aliphatic rings. The number of hydrogen-bond acceptors (Lipinski definition) is 4. The van der Waals surface area contributed by atoms with Crippen molar-refractivity contribution in [3.63, 3.8) is 0 Å². The first-order valence-electron chi connectivity index (χ1n) is 10.5. The summed E-state index contributed by atoms with van der Waals surface area (Å²) in [5.41, 5.74) is 5.33. The van der Waals surface area contributed by atoms with Gasteiger partial charge in [-0.3, -0.25) is 9.89 Å². The highest BCUT2D eigenvalue weighted by atomic mass is 35.5. The maximum Gasteiger partial charge on any atom is 0.225 e.